The zero-order valence-electron chi connectivity index (χ0n) is 9.79. The van der Waals surface area contributed by atoms with Gasteiger partial charge in [-0.2, -0.15) is 0 Å². The molecule has 3 N–H and O–H groups in total. The Bertz CT molecular complexity index is 233. The molecule has 0 aromatic carbocycles. The summed E-state index contributed by atoms with van der Waals surface area (Å²) in [5.41, 5.74) is 4.94. The van der Waals surface area contributed by atoms with E-state index >= 15 is 0 Å². The largest absolute Gasteiger partial charge is 0.460 e. The maximum Gasteiger partial charge on any atom is 0.307 e. The van der Waals surface area contributed by atoms with Crippen LogP contribution in [0.5, 0.6) is 0 Å². The second-order valence-electron chi connectivity index (χ2n) is 4.38. The second kappa shape index (κ2) is 5.82. The minimum atomic E-state index is -0.701. The summed E-state index contributed by atoms with van der Waals surface area (Å²) in [6, 6.07) is 0. The number of nitrogens with two attached hydrogens (primary N) is 1. The topological polar surface area (TPSA) is 81.4 Å². The first kappa shape index (κ1) is 14.1. The molecule has 0 aliphatic carbocycles. The second-order valence-corrected chi connectivity index (χ2v) is 4.38. The van der Waals surface area contributed by atoms with Crippen LogP contribution in [-0.4, -0.2) is 30.1 Å². The summed E-state index contributed by atoms with van der Waals surface area (Å²) >= 11 is 0. The average Bonchev–Trinajstić information content (AvgIpc) is 2.00. The summed E-state index contributed by atoms with van der Waals surface area (Å²) in [7, 11) is 0. The van der Waals surface area contributed by atoms with E-state index in [1.54, 1.807) is 20.8 Å². The molecule has 88 valence electrons. The lowest BCUT2D eigenvalue weighted by molar-refractivity contribution is -0.154. The Labute approximate surface area is 90.4 Å². The fourth-order valence-electron chi connectivity index (χ4n) is 0.866. The third-order valence-corrected chi connectivity index (χ3v) is 1.55. The van der Waals surface area contributed by atoms with Gasteiger partial charge in [-0.05, 0) is 27.7 Å². The Morgan fingerprint density at radius 2 is 1.93 bits per heavy atom. The lowest BCUT2D eigenvalue weighted by Crippen LogP contribution is -2.44. The molecule has 0 unspecified atom stereocenters. The molecule has 15 heavy (non-hydrogen) atoms. The molecule has 5 heteroatoms. The summed E-state index contributed by atoms with van der Waals surface area (Å²) in [5.74, 6) is -0.454. The summed E-state index contributed by atoms with van der Waals surface area (Å²) < 4.78 is 5.08. The lowest BCUT2D eigenvalue weighted by Gasteiger charge is -2.19. The van der Waals surface area contributed by atoms with E-state index in [-0.39, 0.29) is 18.2 Å². The van der Waals surface area contributed by atoms with Gasteiger partial charge in [0.2, 0.25) is 0 Å². The highest BCUT2D eigenvalue weighted by atomic mass is 16.6. The minimum Gasteiger partial charge on any atom is -0.460 e. The summed E-state index contributed by atoms with van der Waals surface area (Å²) in [5, 5.41) is 2.73. The summed E-state index contributed by atoms with van der Waals surface area (Å²) in [4.78, 5) is 22.0. The number of carbonyl (C=O) groups is 2. The molecule has 0 aromatic heterocycles. The smallest absolute Gasteiger partial charge is 0.307 e. The van der Waals surface area contributed by atoms with Gasteiger partial charge in [0.25, 0.3) is 0 Å². The van der Waals surface area contributed by atoms with Gasteiger partial charge in [0.15, 0.2) is 5.78 Å². The molecule has 0 aliphatic heterocycles. The molecule has 0 saturated carbocycles. The van der Waals surface area contributed by atoms with Crippen LogP contribution >= 0.6 is 0 Å². The molecule has 0 saturated heterocycles. The van der Waals surface area contributed by atoms with E-state index in [0.29, 0.717) is 6.54 Å². The van der Waals surface area contributed by atoms with Gasteiger partial charge in [0.05, 0.1) is 6.42 Å². The van der Waals surface area contributed by atoms with E-state index in [4.69, 9.17) is 10.5 Å². The van der Waals surface area contributed by atoms with E-state index in [1.807, 2.05) is 0 Å². The van der Waals surface area contributed by atoms with Crippen molar-refractivity contribution in [1.29, 1.82) is 0 Å². The number of ether oxygens (including phenoxy) is 1. The predicted octanol–water partition coefficient (Wildman–Crippen LogP) is 0.182. The molecule has 1 atom stereocenters. The Morgan fingerprint density at radius 3 is 2.33 bits per heavy atom. The number of nitrogens with one attached hydrogen (secondary N) is 1. The third kappa shape index (κ3) is 8.08. The molecular weight excluding hydrogens is 196 g/mol. The fourth-order valence-corrected chi connectivity index (χ4v) is 0.866. The molecule has 0 fully saturated rings. The Balaban J connectivity index is 3.69. The molecule has 0 radical (unpaired) electrons. The van der Waals surface area contributed by atoms with Crippen molar-refractivity contribution in [3.05, 3.63) is 0 Å². The maximum atomic E-state index is 11.2. The fraction of sp³-hybridized carbons (Fsp3) is 0.800. The van der Waals surface area contributed by atoms with Crippen LogP contribution in [0.4, 0.5) is 0 Å². The Kier molecular flexibility index (Phi) is 5.46. The van der Waals surface area contributed by atoms with Crippen LogP contribution in [0.25, 0.3) is 0 Å². The highest BCUT2D eigenvalue weighted by Gasteiger charge is 2.16. The first-order valence-corrected chi connectivity index (χ1v) is 4.93. The Morgan fingerprint density at radius 1 is 1.40 bits per heavy atom. The van der Waals surface area contributed by atoms with Crippen LogP contribution in [0.1, 0.15) is 34.1 Å². The molecular formula is C10H20N2O3. The van der Waals surface area contributed by atoms with E-state index in [2.05, 4.69) is 5.32 Å². The molecule has 0 rings (SSSR count). The van der Waals surface area contributed by atoms with Gasteiger partial charge in [-0.25, -0.2) is 0 Å². The van der Waals surface area contributed by atoms with E-state index in [1.165, 1.54) is 6.92 Å². The first-order chi connectivity index (χ1) is 6.72. The maximum absolute atomic E-state index is 11.2. The molecule has 0 heterocycles. The van der Waals surface area contributed by atoms with E-state index in [9.17, 15) is 9.59 Å². The van der Waals surface area contributed by atoms with Crippen molar-refractivity contribution >= 4 is 11.8 Å². The van der Waals surface area contributed by atoms with Crippen LogP contribution in [0.3, 0.4) is 0 Å². The predicted molar refractivity (Wildman–Crippen MR) is 57.1 cm³/mol. The van der Waals surface area contributed by atoms with Crippen molar-refractivity contribution in [3.8, 4) is 0 Å². The molecule has 5 nitrogen and oxygen atoms in total. The molecule has 0 amide bonds. The van der Waals surface area contributed by atoms with Gasteiger partial charge >= 0.3 is 5.97 Å². The van der Waals surface area contributed by atoms with Gasteiger partial charge in [0.1, 0.15) is 11.8 Å². The van der Waals surface area contributed by atoms with Gasteiger partial charge in [-0.1, -0.05) is 0 Å². The number of rotatable bonds is 5. The van der Waals surface area contributed by atoms with Gasteiger partial charge in [-0.15, -0.1) is 0 Å². The summed E-state index contributed by atoms with van der Waals surface area (Å²) in [6.07, 6.45) is -0.495. The normalized spacial score (nSPS) is 13.4. The van der Waals surface area contributed by atoms with Crippen molar-refractivity contribution in [3.63, 3.8) is 0 Å². The standard InChI is InChI=1S/C10H20N2O3/c1-7(13)9(11)12-6-5-8(14)15-10(2,3)4/h9,12H,5-6,11H2,1-4H3/t9-/m0/s1. The minimum absolute atomic E-state index is 0.154. The highest BCUT2D eigenvalue weighted by molar-refractivity contribution is 5.80. The van der Waals surface area contributed by atoms with Crippen molar-refractivity contribution in [2.24, 2.45) is 5.73 Å². The monoisotopic (exact) mass is 216 g/mol. The highest BCUT2D eigenvalue weighted by Crippen LogP contribution is 2.07. The SMILES string of the molecule is CC(=O)[C@@H](N)NCCC(=O)OC(C)(C)C. The number of hydrogen-bond donors (Lipinski definition) is 2. The molecule has 0 spiro atoms. The molecule has 0 aliphatic rings. The quantitative estimate of drug-likeness (QED) is 0.506. The van der Waals surface area contributed by atoms with Crippen LogP contribution in [0.2, 0.25) is 0 Å². The number of Topliss-reactive ketones (excluding diaryl/α,β-unsaturated/α-hetero) is 1. The van der Waals surface area contributed by atoms with Crippen LogP contribution in [0, 0.1) is 0 Å². The van der Waals surface area contributed by atoms with Crippen molar-refractivity contribution in [2.75, 3.05) is 6.54 Å². The van der Waals surface area contributed by atoms with Gasteiger partial charge < -0.3 is 10.5 Å². The number of esters is 1. The Hall–Kier alpha value is -0.940. The van der Waals surface area contributed by atoms with Gasteiger partial charge in [-0.3, -0.25) is 14.9 Å². The van der Waals surface area contributed by atoms with Crippen LogP contribution < -0.4 is 11.1 Å². The molecule has 0 bridgehead atoms. The van der Waals surface area contributed by atoms with Gasteiger partial charge in [0, 0.05) is 6.54 Å². The van der Waals surface area contributed by atoms with Crippen molar-refractivity contribution < 1.29 is 14.3 Å². The van der Waals surface area contributed by atoms with Crippen molar-refractivity contribution in [2.45, 2.75) is 45.9 Å². The van der Waals surface area contributed by atoms with Crippen molar-refractivity contribution in [1.82, 2.24) is 5.32 Å². The number of hydrogen-bond acceptors (Lipinski definition) is 5. The first-order valence-electron chi connectivity index (χ1n) is 4.93. The zero-order valence-corrected chi connectivity index (χ0v) is 9.79. The zero-order chi connectivity index (χ0) is 12.1. The van der Waals surface area contributed by atoms with Crippen LogP contribution in [0.15, 0.2) is 0 Å². The summed E-state index contributed by atoms with van der Waals surface area (Å²) in [6.45, 7) is 7.15. The molecule has 0 aromatic rings. The number of ketones is 1. The van der Waals surface area contributed by atoms with E-state index < -0.39 is 11.8 Å². The van der Waals surface area contributed by atoms with E-state index in [0.717, 1.165) is 0 Å². The lowest BCUT2D eigenvalue weighted by atomic mass is 10.2. The number of carbonyl (C=O) groups excluding carboxylic acids is 2. The third-order valence-electron chi connectivity index (χ3n) is 1.55. The average molecular weight is 216 g/mol. The van der Waals surface area contributed by atoms with Crippen LogP contribution in [-0.2, 0) is 14.3 Å².